The monoisotopic (exact) mass is 344 g/mol. The molecule has 2 aromatic rings. The molecule has 0 radical (unpaired) electrons. The second-order valence-electron chi connectivity index (χ2n) is 7.16. The Hall–Kier alpha value is -1.85. The van der Waals surface area contributed by atoms with Crippen LogP contribution in [0.5, 0.6) is 0 Å². The van der Waals surface area contributed by atoms with Gasteiger partial charge in [-0.1, -0.05) is 11.6 Å². The maximum absolute atomic E-state index is 13.0. The molecule has 0 unspecified atom stereocenters. The highest BCUT2D eigenvalue weighted by Crippen LogP contribution is 2.44. The SMILES string of the molecule is Fc1ccc(N2CC3(C2)CN(N2CCc4cc(Cl)ccc42)C3)nc1. The second kappa shape index (κ2) is 5.07. The predicted molar refractivity (Wildman–Crippen MR) is 92.9 cm³/mol. The summed E-state index contributed by atoms with van der Waals surface area (Å²) in [6.07, 6.45) is 2.35. The van der Waals surface area contributed by atoms with E-state index in [0.717, 1.165) is 50.0 Å². The zero-order chi connectivity index (χ0) is 16.3. The van der Waals surface area contributed by atoms with Crippen LogP contribution in [-0.4, -0.2) is 42.7 Å². The highest BCUT2D eigenvalue weighted by molar-refractivity contribution is 6.30. The molecule has 4 nitrogen and oxygen atoms in total. The summed E-state index contributed by atoms with van der Waals surface area (Å²) in [6, 6.07) is 9.42. The van der Waals surface area contributed by atoms with E-state index in [0.29, 0.717) is 5.41 Å². The van der Waals surface area contributed by atoms with Crippen LogP contribution in [-0.2, 0) is 6.42 Å². The van der Waals surface area contributed by atoms with E-state index in [1.54, 1.807) is 6.07 Å². The summed E-state index contributed by atoms with van der Waals surface area (Å²) in [5, 5.41) is 5.65. The van der Waals surface area contributed by atoms with Crippen molar-refractivity contribution in [1.29, 1.82) is 0 Å². The second-order valence-corrected chi connectivity index (χ2v) is 7.60. The number of hydrogen-bond acceptors (Lipinski definition) is 4. The summed E-state index contributed by atoms with van der Waals surface area (Å²) in [6.45, 7) is 5.20. The molecule has 5 rings (SSSR count). The van der Waals surface area contributed by atoms with Gasteiger partial charge in [-0.05, 0) is 42.3 Å². The van der Waals surface area contributed by atoms with Crippen LogP contribution in [0.2, 0.25) is 5.02 Å². The highest BCUT2D eigenvalue weighted by Gasteiger charge is 2.54. The maximum Gasteiger partial charge on any atom is 0.141 e. The lowest BCUT2D eigenvalue weighted by molar-refractivity contribution is -0.0290. The first-order valence-corrected chi connectivity index (χ1v) is 8.67. The molecule has 2 fully saturated rings. The molecule has 124 valence electrons. The van der Waals surface area contributed by atoms with Gasteiger partial charge in [0.05, 0.1) is 11.9 Å². The van der Waals surface area contributed by atoms with Gasteiger partial charge in [0.2, 0.25) is 0 Å². The number of fused-ring (bicyclic) bond motifs is 1. The Kier molecular flexibility index (Phi) is 3.06. The Bertz CT molecular complexity index is 780. The highest BCUT2D eigenvalue weighted by atomic mass is 35.5. The number of nitrogens with zero attached hydrogens (tertiary/aromatic N) is 4. The lowest BCUT2D eigenvalue weighted by atomic mass is 9.73. The molecule has 1 aromatic heterocycles. The molecule has 0 amide bonds. The number of hydrazine groups is 1. The van der Waals surface area contributed by atoms with E-state index in [1.807, 2.05) is 6.07 Å². The number of aromatic nitrogens is 1. The van der Waals surface area contributed by atoms with Crippen molar-refractivity contribution < 1.29 is 4.39 Å². The van der Waals surface area contributed by atoms with E-state index < -0.39 is 0 Å². The van der Waals surface area contributed by atoms with Crippen LogP contribution in [0.1, 0.15) is 5.56 Å². The van der Waals surface area contributed by atoms with Crippen LogP contribution in [0.25, 0.3) is 0 Å². The molecule has 3 aliphatic rings. The molecule has 0 bridgehead atoms. The van der Waals surface area contributed by atoms with Crippen LogP contribution in [0.15, 0.2) is 36.5 Å². The fourth-order valence-electron chi connectivity index (χ4n) is 4.23. The molecule has 0 saturated carbocycles. The van der Waals surface area contributed by atoms with E-state index in [-0.39, 0.29) is 5.82 Å². The van der Waals surface area contributed by atoms with Crippen molar-refractivity contribution in [1.82, 2.24) is 9.99 Å². The van der Waals surface area contributed by atoms with Crippen LogP contribution in [0.4, 0.5) is 15.9 Å². The van der Waals surface area contributed by atoms with Crippen LogP contribution in [0, 0.1) is 11.2 Å². The number of halogens is 2. The molecular weight excluding hydrogens is 327 g/mol. The number of hydrogen-bond donors (Lipinski definition) is 0. The normalized spacial score (nSPS) is 21.6. The summed E-state index contributed by atoms with van der Waals surface area (Å²) in [5.41, 5.74) is 3.01. The van der Waals surface area contributed by atoms with Gasteiger partial charge in [-0.3, -0.25) is 0 Å². The largest absolute Gasteiger partial charge is 0.355 e. The third-order valence-electron chi connectivity index (χ3n) is 5.38. The van der Waals surface area contributed by atoms with Gasteiger partial charge < -0.3 is 9.91 Å². The minimum atomic E-state index is -0.281. The molecule has 1 aromatic carbocycles. The Morgan fingerprint density at radius 3 is 2.67 bits per heavy atom. The number of anilines is 2. The summed E-state index contributed by atoms with van der Waals surface area (Å²) in [4.78, 5) is 6.40. The minimum absolute atomic E-state index is 0.281. The summed E-state index contributed by atoms with van der Waals surface area (Å²) in [7, 11) is 0. The number of rotatable bonds is 2. The van der Waals surface area contributed by atoms with Gasteiger partial charge in [0.1, 0.15) is 11.6 Å². The topological polar surface area (TPSA) is 22.6 Å². The first-order chi connectivity index (χ1) is 11.6. The summed E-state index contributed by atoms with van der Waals surface area (Å²) < 4.78 is 13.0. The summed E-state index contributed by atoms with van der Waals surface area (Å²) >= 11 is 6.09. The molecular formula is C18H18ClFN4. The minimum Gasteiger partial charge on any atom is -0.355 e. The number of benzene rings is 1. The zero-order valence-corrected chi connectivity index (χ0v) is 14.0. The Morgan fingerprint density at radius 2 is 1.92 bits per heavy atom. The van der Waals surface area contributed by atoms with Gasteiger partial charge in [-0.2, -0.15) is 0 Å². The van der Waals surface area contributed by atoms with Crippen LogP contribution < -0.4 is 9.91 Å². The average Bonchev–Trinajstić information content (AvgIpc) is 2.89. The standard InChI is InChI=1S/C18H18ClFN4/c19-14-1-3-16-13(7-14)5-6-24(16)23-11-18(12-23)9-22(10-18)17-4-2-15(20)8-21-17/h1-4,7-8H,5-6,9-12H2. The Balaban J connectivity index is 1.23. The van der Waals surface area contributed by atoms with Gasteiger partial charge in [0, 0.05) is 43.2 Å². The van der Waals surface area contributed by atoms with E-state index in [1.165, 1.54) is 23.5 Å². The van der Waals surface area contributed by atoms with Crippen molar-refractivity contribution in [3.8, 4) is 0 Å². The lowest BCUT2D eigenvalue weighted by Gasteiger charge is -2.62. The third-order valence-corrected chi connectivity index (χ3v) is 5.61. The fourth-order valence-corrected chi connectivity index (χ4v) is 4.42. The molecule has 0 aliphatic carbocycles. The van der Waals surface area contributed by atoms with E-state index in [4.69, 9.17) is 11.6 Å². The van der Waals surface area contributed by atoms with Gasteiger partial charge >= 0.3 is 0 Å². The quantitative estimate of drug-likeness (QED) is 0.835. The third kappa shape index (κ3) is 2.19. The molecule has 0 atom stereocenters. The van der Waals surface area contributed by atoms with Crippen molar-refractivity contribution in [2.24, 2.45) is 5.41 Å². The van der Waals surface area contributed by atoms with Crippen molar-refractivity contribution in [3.05, 3.63) is 52.9 Å². The Morgan fingerprint density at radius 1 is 1.08 bits per heavy atom. The fraction of sp³-hybridized carbons (Fsp3) is 0.389. The van der Waals surface area contributed by atoms with Crippen LogP contribution in [0.3, 0.4) is 0 Å². The van der Waals surface area contributed by atoms with E-state index in [2.05, 4.69) is 32.0 Å². The first-order valence-electron chi connectivity index (χ1n) is 8.29. The molecule has 3 aliphatic heterocycles. The average molecular weight is 345 g/mol. The molecule has 0 N–H and O–H groups in total. The van der Waals surface area contributed by atoms with Crippen molar-refractivity contribution >= 4 is 23.1 Å². The maximum atomic E-state index is 13.0. The van der Waals surface area contributed by atoms with E-state index in [9.17, 15) is 4.39 Å². The summed E-state index contributed by atoms with van der Waals surface area (Å²) in [5.74, 6) is 0.596. The Labute approximate surface area is 145 Å². The van der Waals surface area contributed by atoms with Gasteiger partial charge in [0.25, 0.3) is 0 Å². The molecule has 4 heterocycles. The van der Waals surface area contributed by atoms with Crippen LogP contribution >= 0.6 is 11.6 Å². The molecule has 1 spiro atoms. The van der Waals surface area contributed by atoms with Crippen molar-refractivity contribution in [2.45, 2.75) is 6.42 Å². The molecule has 2 saturated heterocycles. The molecule has 6 heteroatoms. The van der Waals surface area contributed by atoms with Gasteiger partial charge in [0.15, 0.2) is 0 Å². The predicted octanol–water partition coefficient (Wildman–Crippen LogP) is 2.97. The van der Waals surface area contributed by atoms with Gasteiger partial charge in [-0.25, -0.2) is 14.4 Å². The van der Waals surface area contributed by atoms with Gasteiger partial charge in [-0.15, -0.1) is 0 Å². The zero-order valence-electron chi connectivity index (χ0n) is 13.3. The smallest absolute Gasteiger partial charge is 0.141 e. The lowest BCUT2D eigenvalue weighted by Crippen LogP contribution is -2.75. The van der Waals surface area contributed by atoms with Crippen molar-refractivity contribution in [2.75, 3.05) is 42.6 Å². The molecule has 24 heavy (non-hydrogen) atoms. The van der Waals surface area contributed by atoms with E-state index >= 15 is 0 Å². The number of pyridine rings is 1. The van der Waals surface area contributed by atoms with Crippen molar-refractivity contribution in [3.63, 3.8) is 0 Å². The first kappa shape index (κ1) is 14.5.